The summed E-state index contributed by atoms with van der Waals surface area (Å²) in [6.45, 7) is 0. The standard InChI is InChI=1S/C15H9N3OS/c16-9-10-5-1-2-6-11(10)17-14(19)15-18-12-7-3-4-8-13(12)20-15/h1-8H,(H,17,19). The topological polar surface area (TPSA) is 65.8 Å². The lowest BCUT2D eigenvalue weighted by molar-refractivity contribution is 0.102. The average Bonchev–Trinajstić information content (AvgIpc) is 2.92. The number of fused-ring (bicyclic) bond motifs is 1. The Morgan fingerprint density at radius 3 is 2.70 bits per heavy atom. The highest BCUT2D eigenvalue weighted by Gasteiger charge is 2.13. The lowest BCUT2D eigenvalue weighted by atomic mass is 10.2. The summed E-state index contributed by atoms with van der Waals surface area (Å²) in [5, 5.41) is 12.1. The fourth-order valence-corrected chi connectivity index (χ4v) is 2.70. The Bertz CT molecular complexity index is 799. The average molecular weight is 279 g/mol. The largest absolute Gasteiger partial charge is 0.319 e. The molecule has 3 aromatic rings. The molecule has 1 heterocycles. The van der Waals surface area contributed by atoms with Gasteiger partial charge in [0.25, 0.3) is 5.91 Å². The van der Waals surface area contributed by atoms with E-state index in [1.54, 1.807) is 24.3 Å². The lowest BCUT2D eigenvalue weighted by Gasteiger charge is -2.04. The van der Waals surface area contributed by atoms with Crippen LogP contribution >= 0.6 is 11.3 Å². The monoisotopic (exact) mass is 279 g/mol. The van der Waals surface area contributed by atoms with E-state index in [1.165, 1.54) is 11.3 Å². The zero-order valence-corrected chi connectivity index (χ0v) is 11.1. The van der Waals surface area contributed by atoms with Gasteiger partial charge in [-0.2, -0.15) is 5.26 Å². The van der Waals surface area contributed by atoms with Crippen molar-refractivity contribution in [2.75, 3.05) is 5.32 Å². The number of benzene rings is 2. The van der Waals surface area contributed by atoms with E-state index in [0.29, 0.717) is 16.3 Å². The van der Waals surface area contributed by atoms with Gasteiger partial charge in [-0.15, -0.1) is 11.3 Å². The first-order chi connectivity index (χ1) is 9.78. The van der Waals surface area contributed by atoms with E-state index < -0.39 is 0 Å². The third-order valence-electron chi connectivity index (χ3n) is 2.78. The second-order valence-electron chi connectivity index (χ2n) is 4.10. The predicted octanol–water partition coefficient (Wildman–Crippen LogP) is 3.42. The Hall–Kier alpha value is -2.71. The molecule has 0 spiro atoms. The van der Waals surface area contributed by atoms with Gasteiger partial charge in [0.05, 0.1) is 21.5 Å². The quantitative estimate of drug-likeness (QED) is 0.781. The van der Waals surface area contributed by atoms with Gasteiger partial charge < -0.3 is 5.32 Å². The van der Waals surface area contributed by atoms with Crippen molar-refractivity contribution in [1.82, 2.24) is 4.98 Å². The van der Waals surface area contributed by atoms with Gasteiger partial charge in [0.15, 0.2) is 5.01 Å². The van der Waals surface area contributed by atoms with Crippen LogP contribution in [0.5, 0.6) is 0 Å². The van der Waals surface area contributed by atoms with Gasteiger partial charge in [0.2, 0.25) is 0 Å². The SMILES string of the molecule is N#Cc1ccccc1NC(=O)c1nc2ccccc2s1. The van der Waals surface area contributed by atoms with Crippen molar-refractivity contribution in [3.8, 4) is 6.07 Å². The third kappa shape index (κ3) is 2.25. The summed E-state index contributed by atoms with van der Waals surface area (Å²) in [6.07, 6.45) is 0. The van der Waals surface area contributed by atoms with E-state index in [9.17, 15) is 4.79 Å². The van der Waals surface area contributed by atoms with E-state index >= 15 is 0 Å². The second kappa shape index (κ2) is 5.11. The number of thiazole rings is 1. The normalized spacial score (nSPS) is 10.2. The van der Waals surface area contributed by atoms with Gasteiger partial charge in [-0.3, -0.25) is 4.79 Å². The van der Waals surface area contributed by atoms with Crippen LogP contribution in [0, 0.1) is 11.3 Å². The summed E-state index contributed by atoms with van der Waals surface area (Å²) < 4.78 is 0.964. The molecule has 0 aliphatic heterocycles. The van der Waals surface area contributed by atoms with Crippen molar-refractivity contribution in [1.29, 1.82) is 5.26 Å². The zero-order valence-electron chi connectivity index (χ0n) is 10.3. The summed E-state index contributed by atoms with van der Waals surface area (Å²) in [4.78, 5) is 16.5. The smallest absolute Gasteiger partial charge is 0.284 e. The van der Waals surface area contributed by atoms with Crippen LogP contribution in [0.3, 0.4) is 0 Å². The Balaban J connectivity index is 1.91. The maximum atomic E-state index is 12.2. The molecule has 1 amide bonds. The number of carbonyl (C=O) groups excluding carboxylic acids is 1. The molecule has 0 aliphatic rings. The molecule has 1 aromatic heterocycles. The highest BCUT2D eigenvalue weighted by Crippen LogP contribution is 2.23. The molecule has 1 N–H and O–H groups in total. The fraction of sp³-hybridized carbons (Fsp3) is 0. The van der Waals surface area contributed by atoms with E-state index in [4.69, 9.17) is 5.26 Å². The number of nitrogens with one attached hydrogen (secondary N) is 1. The van der Waals surface area contributed by atoms with Gasteiger partial charge >= 0.3 is 0 Å². The first kappa shape index (κ1) is 12.3. The van der Waals surface area contributed by atoms with E-state index in [-0.39, 0.29) is 5.91 Å². The number of rotatable bonds is 2. The Kier molecular flexibility index (Phi) is 3.15. The summed E-state index contributed by atoms with van der Waals surface area (Å²) in [5.41, 5.74) is 1.73. The van der Waals surface area contributed by atoms with Crippen LogP contribution in [0.25, 0.3) is 10.2 Å². The molecule has 0 bridgehead atoms. The van der Waals surface area contributed by atoms with E-state index in [2.05, 4.69) is 10.3 Å². The van der Waals surface area contributed by atoms with Gasteiger partial charge in [0, 0.05) is 0 Å². The molecule has 5 heteroatoms. The molecule has 20 heavy (non-hydrogen) atoms. The number of nitriles is 1. The number of aromatic nitrogens is 1. The van der Waals surface area contributed by atoms with Crippen LogP contribution < -0.4 is 5.32 Å². The molecule has 2 aromatic carbocycles. The summed E-state index contributed by atoms with van der Waals surface area (Å²) >= 11 is 1.33. The molecule has 0 atom stereocenters. The molecule has 0 saturated carbocycles. The minimum atomic E-state index is -0.297. The number of hydrogen-bond donors (Lipinski definition) is 1. The van der Waals surface area contributed by atoms with E-state index in [0.717, 1.165) is 10.2 Å². The van der Waals surface area contributed by atoms with E-state index in [1.807, 2.05) is 30.3 Å². The van der Waals surface area contributed by atoms with Gasteiger partial charge in [-0.1, -0.05) is 24.3 Å². The van der Waals surface area contributed by atoms with Crippen LogP contribution in [0.15, 0.2) is 48.5 Å². The Morgan fingerprint density at radius 2 is 1.90 bits per heavy atom. The van der Waals surface area contributed by atoms with Crippen LogP contribution in [0.4, 0.5) is 5.69 Å². The number of para-hydroxylation sites is 2. The van der Waals surface area contributed by atoms with Crippen molar-refractivity contribution in [2.45, 2.75) is 0 Å². The van der Waals surface area contributed by atoms with Crippen molar-refractivity contribution in [2.24, 2.45) is 0 Å². The lowest BCUT2D eigenvalue weighted by Crippen LogP contribution is -2.12. The molecule has 4 nitrogen and oxygen atoms in total. The van der Waals surface area contributed by atoms with Gasteiger partial charge in [-0.25, -0.2) is 4.98 Å². The van der Waals surface area contributed by atoms with Crippen molar-refractivity contribution in [3.63, 3.8) is 0 Å². The second-order valence-corrected chi connectivity index (χ2v) is 5.13. The molecule has 0 radical (unpaired) electrons. The highest BCUT2D eigenvalue weighted by atomic mass is 32.1. The summed E-state index contributed by atoms with van der Waals surface area (Å²) in [7, 11) is 0. The number of carbonyl (C=O) groups is 1. The number of hydrogen-bond acceptors (Lipinski definition) is 4. The minimum Gasteiger partial charge on any atom is -0.319 e. The molecule has 96 valence electrons. The Morgan fingerprint density at radius 1 is 1.15 bits per heavy atom. The number of anilines is 1. The van der Waals surface area contributed by atoms with Crippen LogP contribution in [0.2, 0.25) is 0 Å². The number of nitrogens with zero attached hydrogens (tertiary/aromatic N) is 2. The first-order valence-corrected chi connectivity index (χ1v) is 6.75. The van der Waals surface area contributed by atoms with Crippen LogP contribution in [-0.4, -0.2) is 10.9 Å². The zero-order chi connectivity index (χ0) is 13.9. The van der Waals surface area contributed by atoms with Crippen LogP contribution in [0.1, 0.15) is 15.4 Å². The Labute approximate surface area is 119 Å². The fourth-order valence-electron chi connectivity index (χ4n) is 1.83. The predicted molar refractivity (Wildman–Crippen MR) is 78.7 cm³/mol. The molecular formula is C15H9N3OS. The highest BCUT2D eigenvalue weighted by molar-refractivity contribution is 7.20. The van der Waals surface area contributed by atoms with Crippen molar-refractivity contribution in [3.05, 3.63) is 59.1 Å². The summed E-state index contributed by atoms with van der Waals surface area (Å²) in [5.74, 6) is -0.297. The third-order valence-corrected chi connectivity index (χ3v) is 3.82. The van der Waals surface area contributed by atoms with Crippen molar-refractivity contribution < 1.29 is 4.79 Å². The molecule has 0 unspecified atom stereocenters. The number of amides is 1. The van der Waals surface area contributed by atoms with Gasteiger partial charge in [-0.05, 0) is 24.3 Å². The molecule has 0 saturated heterocycles. The van der Waals surface area contributed by atoms with Crippen LogP contribution in [-0.2, 0) is 0 Å². The molecule has 0 aliphatic carbocycles. The minimum absolute atomic E-state index is 0.297. The van der Waals surface area contributed by atoms with Crippen molar-refractivity contribution >= 4 is 33.1 Å². The molecule has 3 rings (SSSR count). The van der Waals surface area contributed by atoms with Gasteiger partial charge in [0.1, 0.15) is 6.07 Å². The maximum Gasteiger partial charge on any atom is 0.284 e. The molecule has 0 fully saturated rings. The summed E-state index contributed by atoms with van der Waals surface area (Å²) in [6, 6.07) is 16.5. The molecular weight excluding hydrogens is 270 g/mol. The first-order valence-electron chi connectivity index (χ1n) is 5.94. The maximum absolute atomic E-state index is 12.2.